The van der Waals surface area contributed by atoms with Crippen LogP contribution >= 0.6 is 0 Å². The number of carbonyl (C=O) groups is 6. The van der Waals surface area contributed by atoms with E-state index in [1.807, 2.05) is 170 Å². The van der Waals surface area contributed by atoms with Crippen LogP contribution in [0, 0.1) is 10.8 Å². The van der Waals surface area contributed by atoms with Gasteiger partial charge in [-0.3, -0.25) is 0 Å². The summed E-state index contributed by atoms with van der Waals surface area (Å²) in [5, 5.41) is 11.2. The molecule has 26 nitrogen and oxygen atoms in total. The second kappa shape index (κ2) is 44.7. The van der Waals surface area contributed by atoms with E-state index in [9.17, 15) is 28.8 Å². The number of nitrogens with one attached hydrogen (secondary N) is 1. The Hall–Kier alpha value is -16.0. The number of hydrogen-bond donors (Lipinski definition) is 2. The van der Waals surface area contributed by atoms with E-state index in [2.05, 4.69) is 15.2 Å². The van der Waals surface area contributed by atoms with Gasteiger partial charge >= 0.3 is 35.8 Å². The molecular weight excluding hydrogens is 1670 g/mol. The minimum atomic E-state index is -1.44. The SMILES string of the molecule is CCOC(=O)c1ccc(OCC(CN[N-]c2c(N)c(-c3ccc(N(c4ccccc4)c4ccccc4)cc3)c3nn(CC(COc4cccc(C(=O)OCC)c4)(COc4cccc(C(=O)OCC)c4)COc4cccc(C(=O)OCC)c4)nc3c2-c2ccc(N(c3ccccc3)c3ccccc3)cc2)(COc2cccc(C(=O)OCC)c2)COc2cccc(C(=O)OCC)c2)cc1. The molecule has 3 N–H and O–H groups in total. The van der Waals surface area contributed by atoms with Crippen molar-refractivity contribution in [2.75, 3.05) is 101 Å². The van der Waals surface area contributed by atoms with Crippen molar-refractivity contribution >= 4 is 92.3 Å². The van der Waals surface area contributed by atoms with E-state index in [-0.39, 0.29) is 149 Å². The molecule has 0 aliphatic rings. The van der Waals surface area contributed by atoms with Gasteiger partial charge in [-0.2, -0.15) is 15.0 Å². The first-order valence-electron chi connectivity index (χ1n) is 43.5. The Kier molecular flexibility index (Phi) is 31.2. The van der Waals surface area contributed by atoms with Crippen LogP contribution in [0.1, 0.15) is 104 Å². The lowest BCUT2D eigenvalue weighted by Crippen LogP contribution is -2.47. The summed E-state index contributed by atoms with van der Waals surface area (Å²) < 4.78 is 73.9. The number of ether oxygens (including phenoxy) is 12. The molecular formula is C106H101N8O18-. The van der Waals surface area contributed by atoms with E-state index in [4.69, 9.17) is 78.2 Å². The van der Waals surface area contributed by atoms with Crippen molar-refractivity contribution in [1.29, 1.82) is 0 Å². The second-order valence-electron chi connectivity index (χ2n) is 30.7. The van der Waals surface area contributed by atoms with Gasteiger partial charge < -0.3 is 83.2 Å². The molecule has 0 spiro atoms. The van der Waals surface area contributed by atoms with Gasteiger partial charge in [0.25, 0.3) is 0 Å². The lowest BCUT2D eigenvalue weighted by atomic mass is 9.90. The Morgan fingerprint density at radius 1 is 0.311 bits per heavy atom. The summed E-state index contributed by atoms with van der Waals surface area (Å²) in [5.74, 6) is -1.58. The third-order valence-corrected chi connectivity index (χ3v) is 21.3. The van der Waals surface area contributed by atoms with Gasteiger partial charge in [-0.05, 0) is 253 Å². The molecule has 0 saturated heterocycles. The van der Waals surface area contributed by atoms with Crippen LogP contribution in [0.15, 0.2) is 315 Å². The number of nitrogens with zero attached hydrogens (tertiary/aromatic N) is 6. The van der Waals surface area contributed by atoms with Crippen molar-refractivity contribution in [1.82, 2.24) is 20.4 Å². The predicted molar refractivity (Wildman–Crippen MR) is 505 cm³/mol. The number of benzene rings is 13. The van der Waals surface area contributed by atoms with Crippen LogP contribution in [-0.2, 0) is 35.0 Å². The number of carbonyl (C=O) groups excluding carboxylic acids is 6. The third-order valence-electron chi connectivity index (χ3n) is 21.3. The zero-order chi connectivity index (χ0) is 92.2. The smallest absolute Gasteiger partial charge is 0.338 e. The number of anilines is 7. The Labute approximate surface area is 765 Å². The summed E-state index contributed by atoms with van der Waals surface area (Å²) in [5.41, 5.74) is 23.8. The molecule has 1 heterocycles. The molecule has 14 aromatic rings. The monoisotopic (exact) mass is 1770 g/mol. The molecule has 14 rings (SSSR count). The summed E-state index contributed by atoms with van der Waals surface area (Å²) in [6.45, 7) is 9.43. The van der Waals surface area contributed by atoms with E-state index in [1.54, 1.807) is 187 Å². The highest BCUT2D eigenvalue weighted by molar-refractivity contribution is 6.14. The summed E-state index contributed by atoms with van der Waals surface area (Å²) in [4.78, 5) is 86.2. The zero-order valence-corrected chi connectivity index (χ0v) is 74.0. The standard InChI is InChI=1S/C106H101N8O18/c1-7-121-99(115)75-52-58-87(59-53-75)127-67-105(68-128-88-43-25-30-76(60-88)100(116)122-8-2,69-129-89-44-26-31-77(61-89)101(117)123-9-3)65-108-109-96-94(74-50-56-86(57-51-74)114(83-39-21-15-22-40-83)84-41-23-16-24-42-84)98-97(93(95(96)107)73-48-54-85(55-49-73)113(81-35-17-13-18-36-81)82-37-19-14-20-38-82)110-112(111-98)66-106(70-130-90-45-27-32-78(62-90)102(118)124-10-4,71-131-91-46-28-33-79(63-91)103(119)125-11-5)72-132-92-47-29-34-80(64-92)104(120)126-12-6/h13-64H,7-12,65-72H2,1-6H3,(H3-,107,108,109,110,111)/q-1. The summed E-state index contributed by atoms with van der Waals surface area (Å²) in [7, 11) is 0. The van der Waals surface area contributed by atoms with Gasteiger partial charge in [0.15, 0.2) is 0 Å². The molecule has 0 bridgehead atoms. The zero-order valence-electron chi connectivity index (χ0n) is 74.0. The van der Waals surface area contributed by atoms with Crippen LogP contribution in [0.25, 0.3) is 38.7 Å². The fraction of sp³-hybridized carbons (Fsp3) is 0.208. The largest absolute Gasteiger partial charge is 0.620 e. The topological polar surface area (TPSA) is 303 Å². The van der Waals surface area contributed by atoms with E-state index < -0.39 is 46.6 Å². The van der Waals surface area contributed by atoms with Crippen molar-refractivity contribution in [2.45, 2.75) is 48.1 Å². The molecule has 0 atom stereocenters. The van der Waals surface area contributed by atoms with E-state index in [0.717, 1.165) is 34.1 Å². The van der Waals surface area contributed by atoms with Crippen molar-refractivity contribution in [3.05, 3.63) is 354 Å². The van der Waals surface area contributed by atoms with Crippen molar-refractivity contribution in [3.63, 3.8) is 0 Å². The average molecular weight is 1780 g/mol. The molecule has 0 aliphatic carbocycles. The lowest BCUT2D eigenvalue weighted by molar-refractivity contribution is 0.0128. The lowest BCUT2D eigenvalue weighted by Gasteiger charge is -2.38. The number of esters is 6. The first-order chi connectivity index (χ1) is 64.5. The maximum absolute atomic E-state index is 13.5. The minimum Gasteiger partial charge on any atom is -0.620 e. The van der Waals surface area contributed by atoms with Crippen LogP contribution < -0.4 is 49.4 Å². The Morgan fingerprint density at radius 3 is 0.894 bits per heavy atom. The number of para-hydroxylation sites is 4. The first-order valence-corrected chi connectivity index (χ1v) is 43.5. The van der Waals surface area contributed by atoms with Crippen molar-refractivity contribution < 1.29 is 85.6 Å². The van der Waals surface area contributed by atoms with E-state index in [1.165, 1.54) is 4.80 Å². The maximum Gasteiger partial charge on any atom is 0.338 e. The van der Waals surface area contributed by atoms with Crippen LogP contribution in [0.5, 0.6) is 34.5 Å². The van der Waals surface area contributed by atoms with Crippen LogP contribution in [0.4, 0.5) is 45.5 Å². The number of fused-ring (bicyclic) bond motifs is 1. The highest BCUT2D eigenvalue weighted by Crippen LogP contribution is 2.50. The quantitative estimate of drug-likeness (QED) is 0.0155. The highest BCUT2D eigenvalue weighted by atomic mass is 16.6. The Bertz CT molecular complexity index is 5950. The average Bonchev–Trinajstić information content (AvgIpc) is 1.54. The van der Waals surface area contributed by atoms with E-state index in [0.29, 0.717) is 56.1 Å². The summed E-state index contributed by atoms with van der Waals surface area (Å²) in [6.07, 6.45) is 0. The van der Waals surface area contributed by atoms with Gasteiger partial charge in [-0.1, -0.05) is 133 Å². The fourth-order valence-corrected chi connectivity index (χ4v) is 14.8. The Morgan fingerprint density at radius 2 is 0.583 bits per heavy atom. The molecule has 674 valence electrons. The second-order valence-corrected chi connectivity index (χ2v) is 30.7. The number of rotatable bonds is 44. The summed E-state index contributed by atoms with van der Waals surface area (Å²) >= 11 is 0. The van der Waals surface area contributed by atoms with Gasteiger partial charge in [0.2, 0.25) is 0 Å². The van der Waals surface area contributed by atoms with Gasteiger partial charge in [0.05, 0.1) is 90.4 Å². The number of nitrogens with two attached hydrogens (primary N) is 1. The molecule has 0 radical (unpaired) electrons. The number of nitrogen functional groups attached to an aromatic ring is 1. The van der Waals surface area contributed by atoms with Gasteiger partial charge in [-0.15, -0.1) is 0 Å². The predicted octanol–water partition coefficient (Wildman–Crippen LogP) is 21.3. The highest BCUT2D eigenvalue weighted by Gasteiger charge is 2.39. The summed E-state index contributed by atoms with van der Waals surface area (Å²) in [6, 6.07) is 95.3. The van der Waals surface area contributed by atoms with Crippen LogP contribution in [0.2, 0.25) is 0 Å². The molecule has 0 aliphatic heterocycles. The van der Waals surface area contributed by atoms with Gasteiger partial charge in [-0.25, -0.2) is 28.8 Å². The molecule has 0 saturated carbocycles. The molecule has 13 aromatic carbocycles. The fourth-order valence-electron chi connectivity index (χ4n) is 14.8. The molecule has 0 fully saturated rings. The minimum absolute atomic E-state index is 0.122. The molecule has 0 amide bonds. The first kappa shape index (κ1) is 92.2. The normalized spacial score (nSPS) is 11.2. The van der Waals surface area contributed by atoms with Crippen molar-refractivity contribution in [3.8, 4) is 56.8 Å². The van der Waals surface area contributed by atoms with Crippen LogP contribution in [-0.4, -0.2) is 137 Å². The number of hydrogen-bond acceptors (Lipinski definition) is 24. The third kappa shape index (κ3) is 23.3. The molecule has 26 heteroatoms. The maximum atomic E-state index is 13.5. The van der Waals surface area contributed by atoms with Gasteiger partial charge in [0.1, 0.15) is 85.2 Å². The van der Waals surface area contributed by atoms with E-state index >= 15 is 0 Å². The Balaban J connectivity index is 0.988. The molecule has 1 aromatic heterocycles. The van der Waals surface area contributed by atoms with Gasteiger partial charge in [0, 0.05) is 45.4 Å². The molecule has 132 heavy (non-hydrogen) atoms. The molecule has 0 unspecified atom stereocenters. The van der Waals surface area contributed by atoms with Crippen molar-refractivity contribution in [2.24, 2.45) is 10.8 Å². The van der Waals surface area contributed by atoms with Crippen LogP contribution in [0.3, 0.4) is 0 Å². The number of aromatic nitrogens is 3.